The van der Waals surface area contributed by atoms with E-state index < -0.39 is 9.84 Å². The molecule has 142 valence electrons. The first-order chi connectivity index (χ1) is 12.9. The van der Waals surface area contributed by atoms with Crippen LogP contribution in [0.15, 0.2) is 62.9 Å². The van der Waals surface area contributed by atoms with Crippen LogP contribution >= 0.6 is 11.6 Å². The lowest BCUT2D eigenvalue weighted by atomic mass is 10.1. The van der Waals surface area contributed by atoms with Gasteiger partial charge in [-0.05, 0) is 42.8 Å². The third-order valence-electron chi connectivity index (χ3n) is 3.94. The largest absolute Gasteiger partial charge is 0.419 e. The van der Waals surface area contributed by atoms with Crippen LogP contribution in [0.3, 0.4) is 0 Å². The summed E-state index contributed by atoms with van der Waals surface area (Å²) in [5.74, 6) is 0.320. The second-order valence-corrected chi connectivity index (χ2v) is 8.15. The Bertz CT molecular complexity index is 1030. The van der Waals surface area contributed by atoms with Crippen molar-refractivity contribution in [3.05, 3.63) is 59.1 Å². The molecule has 0 atom stereocenters. The molecule has 1 heterocycles. The molecule has 6 nitrogen and oxygen atoms in total. The molecule has 3 aromatic rings. The Morgan fingerprint density at radius 3 is 2.52 bits per heavy atom. The average Bonchev–Trinajstić information content (AvgIpc) is 3.07. The number of nitrogens with zero attached hydrogens (tertiary/aromatic N) is 1. The summed E-state index contributed by atoms with van der Waals surface area (Å²) in [6, 6.07) is 13.4. The zero-order valence-corrected chi connectivity index (χ0v) is 16.5. The molecule has 0 aliphatic carbocycles. The lowest BCUT2D eigenvalue weighted by Crippen LogP contribution is -2.11. The van der Waals surface area contributed by atoms with Crippen LogP contribution in [0.1, 0.15) is 5.56 Å². The molecule has 0 radical (unpaired) electrons. The summed E-state index contributed by atoms with van der Waals surface area (Å²) in [5.41, 5.74) is 1.66. The number of oxazole rings is 1. The van der Waals surface area contributed by atoms with E-state index in [4.69, 9.17) is 20.8 Å². The van der Waals surface area contributed by atoms with Crippen LogP contribution in [0.5, 0.6) is 0 Å². The summed E-state index contributed by atoms with van der Waals surface area (Å²) >= 11 is 5.87. The number of nitrogens with one attached hydrogen (secondary N) is 1. The third kappa shape index (κ3) is 4.16. The second-order valence-electron chi connectivity index (χ2n) is 5.85. The Hall–Kier alpha value is -2.35. The van der Waals surface area contributed by atoms with Gasteiger partial charge in [0.15, 0.2) is 0 Å². The van der Waals surface area contributed by atoms with Gasteiger partial charge in [-0.2, -0.15) is 4.98 Å². The Balaban J connectivity index is 2.09. The third-order valence-corrected chi connectivity index (χ3v) is 5.87. The minimum Gasteiger partial charge on any atom is -0.419 e. The van der Waals surface area contributed by atoms with E-state index in [0.29, 0.717) is 18.2 Å². The van der Waals surface area contributed by atoms with Crippen molar-refractivity contribution in [3.8, 4) is 11.5 Å². The number of sulfone groups is 1. The van der Waals surface area contributed by atoms with Gasteiger partial charge in [-0.15, -0.1) is 0 Å². The fraction of sp³-hybridized carbons (Fsp3) is 0.211. The molecule has 0 aliphatic rings. The van der Waals surface area contributed by atoms with E-state index in [1.54, 1.807) is 7.11 Å². The number of hydrogen-bond donors (Lipinski definition) is 1. The van der Waals surface area contributed by atoms with E-state index in [9.17, 15) is 8.42 Å². The van der Waals surface area contributed by atoms with E-state index in [-0.39, 0.29) is 21.7 Å². The highest BCUT2D eigenvalue weighted by Crippen LogP contribution is 2.33. The van der Waals surface area contributed by atoms with Gasteiger partial charge in [0.05, 0.1) is 11.5 Å². The number of anilines is 1. The molecule has 0 aliphatic heterocycles. The Kier molecular flexibility index (Phi) is 5.84. The van der Waals surface area contributed by atoms with Gasteiger partial charge >= 0.3 is 0 Å². The number of aromatic nitrogens is 1. The van der Waals surface area contributed by atoms with E-state index in [2.05, 4.69) is 10.3 Å². The summed E-state index contributed by atoms with van der Waals surface area (Å²) in [7, 11) is -2.33. The van der Waals surface area contributed by atoms with Gasteiger partial charge in [0, 0.05) is 24.2 Å². The van der Waals surface area contributed by atoms with E-state index in [1.807, 2.05) is 31.2 Å². The van der Waals surface area contributed by atoms with Gasteiger partial charge < -0.3 is 14.5 Å². The summed E-state index contributed by atoms with van der Waals surface area (Å²) < 4.78 is 37.0. The molecule has 0 saturated heterocycles. The molecule has 0 saturated carbocycles. The zero-order chi connectivity index (χ0) is 19.4. The van der Waals surface area contributed by atoms with Crippen molar-refractivity contribution in [2.45, 2.75) is 16.8 Å². The number of methoxy groups -OCH3 is 1. The van der Waals surface area contributed by atoms with E-state index in [0.717, 1.165) is 11.1 Å². The molecule has 3 rings (SSSR count). The minimum atomic E-state index is -3.89. The molecule has 0 spiro atoms. The Labute approximate surface area is 163 Å². The highest BCUT2D eigenvalue weighted by molar-refractivity contribution is 7.91. The first kappa shape index (κ1) is 19.4. The van der Waals surface area contributed by atoms with Crippen LogP contribution in [0, 0.1) is 6.92 Å². The van der Waals surface area contributed by atoms with Gasteiger partial charge in [0.25, 0.3) is 0 Å². The molecule has 0 unspecified atom stereocenters. The molecule has 27 heavy (non-hydrogen) atoms. The molecule has 0 amide bonds. The Morgan fingerprint density at radius 1 is 1.15 bits per heavy atom. The Morgan fingerprint density at radius 2 is 1.85 bits per heavy atom. The van der Waals surface area contributed by atoms with Crippen LogP contribution in [0.2, 0.25) is 5.02 Å². The molecular weight excluding hydrogens is 388 g/mol. The number of rotatable bonds is 7. The van der Waals surface area contributed by atoms with Crippen molar-refractivity contribution < 1.29 is 17.6 Å². The number of halogens is 1. The topological polar surface area (TPSA) is 81.4 Å². The number of ether oxygens (including phenoxy) is 1. The molecule has 1 N–H and O–H groups in total. The van der Waals surface area contributed by atoms with Crippen molar-refractivity contribution in [2.75, 3.05) is 25.6 Å². The molecule has 8 heteroatoms. The van der Waals surface area contributed by atoms with Crippen molar-refractivity contribution in [3.63, 3.8) is 0 Å². The monoisotopic (exact) mass is 406 g/mol. The van der Waals surface area contributed by atoms with E-state index >= 15 is 0 Å². The van der Waals surface area contributed by atoms with Crippen molar-refractivity contribution in [1.29, 1.82) is 0 Å². The number of aryl methyl sites for hydroxylation is 1. The maximum Gasteiger partial charge on any atom is 0.233 e. The summed E-state index contributed by atoms with van der Waals surface area (Å²) in [5, 5.41) is 3.24. The van der Waals surface area contributed by atoms with Gasteiger partial charge in [-0.3, -0.25) is 0 Å². The predicted octanol–water partition coefficient (Wildman–Crippen LogP) is 4.19. The normalized spacial score (nSPS) is 11.5. The maximum atomic E-state index is 13.1. The van der Waals surface area contributed by atoms with Gasteiger partial charge in [0.1, 0.15) is 0 Å². The molecule has 2 aromatic carbocycles. The van der Waals surface area contributed by atoms with Crippen LogP contribution < -0.4 is 5.32 Å². The van der Waals surface area contributed by atoms with E-state index in [1.165, 1.54) is 24.3 Å². The predicted molar refractivity (Wildman–Crippen MR) is 104 cm³/mol. The molecule has 0 fully saturated rings. The number of benzene rings is 2. The standard InChI is InChI=1S/C19H19ClN2O4S/c1-13-5-3-4-6-16(13)17-22-19(18(26-17)21-11-12-25-2)27(23,24)15-9-7-14(20)8-10-15/h3-10,21H,11-12H2,1-2H3. The quantitative estimate of drug-likeness (QED) is 0.592. The summed E-state index contributed by atoms with van der Waals surface area (Å²) in [6.07, 6.45) is 0. The molecule has 1 aromatic heterocycles. The highest BCUT2D eigenvalue weighted by atomic mass is 35.5. The van der Waals surface area contributed by atoms with Crippen LogP contribution in [-0.4, -0.2) is 33.7 Å². The second kappa shape index (κ2) is 8.12. The maximum absolute atomic E-state index is 13.1. The fourth-order valence-corrected chi connectivity index (χ4v) is 3.92. The highest BCUT2D eigenvalue weighted by Gasteiger charge is 2.28. The smallest absolute Gasteiger partial charge is 0.233 e. The fourth-order valence-electron chi connectivity index (χ4n) is 2.52. The van der Waals surface area contributed by atoms with Crippen LogP contribution in [0.25, 0.3) is 11.5 Å². The summed E-state index contributed by atoms with van der Waals surface area (Å²) in [6.45, 7) is 2.67. The number of hydrogen-bond acceptors (Lipinski definition) is 6. The lowest BCUT2D eigenvalue weighted by Gasteiger charge is -2.05. The lowest BCUT2D eigenvalue weighted by molar-refractivity contribution is 0.210. The average molecular weight is 407 g/mol. The van der Waals surface area contributed by atoms with Crippen LogP contribution in [-0.2, 0) is 14.6 Å². The van der Waals surface area contributed by atoms with Gasteiger partial charge in [0.2, 0.25) is 26.6 Å². The minimum absolute atomic E-state index is 0.0836. The first-order valence-electron chi connectivity index (χ1n) is 8.24. The van der Waals surface area contributed by atoms with Gasteiger partial charge in [-0.1, -0.05) is 29.8 Å². The molecular formula is C19H19ClN2O4S. The van der Waals surface area contributed by atoms with Crippen molar-refractivity contribution >= 4 is 27.3 Å². The first-order valence-corrected chi connectivity index (χ1v) is 10.1. The van der Waals surface area contributed by atoms with Crippen molar-refractivity contribution in [1.82, 2.24) is 4.98 Å². The van der Waals surface area contributed by atoms with Gasteiger partial charge in [-0.25, -0.2) is 8.42 Å². The molecule has 0 bridgehead atoms. The van der Waals surface area contributed by atoms with Crippen molar-refractivity contribution in [2.24, 2.45) is 0 Å². The zero-order valence-electron chi connectivity index (χ0n) is 14.9. The SMILES string of the molecule is COCCNc1oc(-c2ccccc2C)nc1S(=O)(=O)c1ccc(Cl)cc1. The van der Waals surface area contributed by atoms with Crippen LogP contribution in [0.4, 0.5) is 5.88 Å². The summed E-state index contributed by atoms with van der Waals surface area (Å²) in [4.78, 5) is 4.39.